The Balaban J connectivity index is 0.00000110. The van der Waals surface area contributed by atoms with E-state index in [0.29, 0.717) is 11.5 Å². The standard InChI is InChI=1S/C13H16BrFN2O2.2ClH/c14-10-6-13-12(18-8-19-13)5-9(10)11(7-15)17-3-1-16-2-4-17;;/h5-6,11,16H,1-4,7-8H2;2*1H/t11-;;/m0../s1. The molecule has 0 unspecified atom stereocenters. The fraction of sp³-hybridized carbons (Fsp3) is 0.538. The quantitative estimate of drug-likeness (QED) is 0.841. The van der Waals surface area contributed by atoms with Crippen LogP contribution in [0.2, 0.25) is 0 Å². The van der Waals surface area contributed by atoms with E-state index < -0.39 is 6.67 Å². The molecule has 2 aliphatic rings. The van der Waals surface area contributed by atoms with Crippen molar-refractivity contribution in [1.82, 2.24) is 10.2 Å². The van der Waals surface area contributed by atoms with Crippen molar-refractivity contribution in [3.05, 3.63) is 22.2 Å². The smallest absolute Gasteiger partial charge is 0.231 e. The molecule has 0 spiro atoms. The summed E-state index contributed by atoms with van der Waals surface area (Å²) in [5, 5.41) is 3.28. The van der Waals surface area contributed by atoms with E-state index in [9.17, 15) is 4.39 Å². The third-order valence-electron chi connectivity index (χ3n) is 3.59. The topological polar surface area (TPSA) is 33.7 Å². The van der Waals surface area contributed by atoms with E-state index >= 15 is 0 Å². The van der Waals surface area contributed by atoms with Crippen LogP contribution in [0.1, 0.15) is 11.6 Å². The second kappa shape index (κ2) is 8.39. The molecule has 0 saturated carbocycles. The third kappa shape index (κ3) is 3.93. The first-order valence-electron chi connectivity index (χ1n) is 6.39. The van der Waals surface area contributed by atoms with Gasteiger partial charge in [0.15, 0.2) is 11.5 Å². The van der Waals surface area contributed by atoms with Crippen LogP contribution in [0, 0.1) is 0 Å². The van der Waals surface area contributed by atoms with Crippen LogP contribution in [0.5, 0.6) is 11.5 Å². The maximum absolute atomic E-state index is 13.5. The van der Waals surface area contributed by atoms with E-state index in [2.05, 4.69) is 26.1 Å². The summed E-state index contributed by atoms with van der Waals surface area (Å²) in [5.41, 5.74) is 0.925. The zero-order valence-corrected chi connectivity index (χ0v) is 14.5. The summed E-state index contributed by atoms with van der Waals surface area (Å²) >= 11 is 3.51. The van der Waals surface area contributed by atoms with Crippen LogP contribution in [-0.2, 0) is 0 Å². The lowest BCUT2D eigenvalue weighted by Gasteiger charge is -2.34. The van der Waals surface area contributed by atoms with Crippen molar-refractivity contribution in [1.29, 1.82) is 0 Å². The van der Waals surface area contributed by atoms with Crippen LogP contribution in [0.15, 0.2) is 16.6 Å². The number of benzene rings is 1. The average Bonchev–Trinajstić information content (AvgIpc) is 2.88. The van der Waals surface area contributed by atoms with Gasteiger partial charge in [-0.05, 0) is 17.7 Å². The first-order valence-corrected chi connectivity index (χ1v) is 7.18. The predicted molar refractivity (Wildman–Crippen MR) is 87.9 cm³/mol. The molecular weight excluding hydrogens is 386 g/mol. The molecule has 0 aromatic heterocycles. The van der Waals surface area contributed by atoms with Crippen molar-refractivity contribution >= 4 is 40.7 Å². The maximum Gasteiger partial charge on any atom is 0.231 e. The minimum absolute atomic E-state index is 0. The number of rotatable bonds is 3. The molecule has 1 aromatic carbocycles. The molecule has 3 rings (SSSR count). The van der Waals surface area contributed by atoms with Gasteiger partial charge in [-0.1, -0.05) is 15.9 Å². The van der Waals surface area contributed by atoms with Crippen LogP contribution in [-0.4, -0.2) is 44.5 Å². The summed E-state index contributed by atoms with van der Waals surface area (Å²) in [7, 11) is 0. The van der Waals surface area contributed by atoms with Gasteiger partial charge in [0.05, 0.1) is 6.04 Å². The SMILES string of the molecule is Cl.Cl.FC[C@@H](c1cc2c(cc1Br)OCO2)N1CCNCC1. The first-order chi connectivity index (χ1) is 9.29. The van der Waals surface area contributed by atoms with Gasteiger partial charge in [0, 0.05) is 30.7 Å². The maximum atomic E-state index is 13.5. The molecule has 0 radical (unpaired) electrons. The van der Waals surface area contributed by atoms with E-state index in [0.717, 1.165) is 36.2 Å². The predicted octanol–water partition coefficient (Wildman–Crippen LogP) is 2.94. The normalized spacial score (nSPS) is 18.6. The van der Waals surface area contributed by atoms with Crippen LogP contribution >= 0.6 is 40.7 Å². The Morgan fingerprint density at radius 2 is 1.81 bits per heavy atom. The van der Waals surface area contributed by atoms with E-state index in [1.165, 1.54) is 0 Å². The van der Waals surface area contributed by atoms with Gasteiger partial charge in [0.25, 0.3) is 0 Å². The summed E-state index contributed by atoms with van der Waals surface area (Å²) in [4.78, 5) is 2.17. The highest BCUT2D eigenvalue weighted by Gasteiger charge is 2.26. The summed E-state index contributed by atoms with van der Waals surface area (Å²) in [6.07, 6.45) is 0. The largest absolute Gasteiger partial charge is 0.454 e. The van der Waals surface area contributed by atoms with Crippen molar-refractivity contribution in [2.45, 2.75) is 6.04 Å². The minimum Gasteiger partial charge on any atom is -0.454 e. The third-order valence-corrected chi connectivity index (χ3v) is 4.28. The van der Waals surface area contributed by atoms with E-state index in [1.54, 1.807) is 0 Å². The second-order valence-corrected chi connectivity index (χ2v) is 5.54. The number of hydrogen-bond acceptors (Lipinski definition) is 4. The van der Waals surface area contributed by atoms with Crippen LogP contribution in [0.3, 0.4) is 0 Å². The Hall–Kier alpha value is -0.270. The van der Waals surface area contributed by atoms with Gasteiger partial charge >= 0.3 is 0 Å². The Labute approximate surface area is 144 Å². The number of nitrogens with zero attached hydrogens (tertiary/aromatic N) is 1. The van der Waals surface area contributed by atoms with E-state index in [-0.39, 0.29) is 37.6 Å². The minimum atomic E-state index is -0.405. The van der Waals surface area contributed by atoms with Crippen LogP contribution in [0.4, 0.5) is 4.39 Å². The van der Waals surface area contributed by atoms with Crippen molar-refractivity contribution in [2.24, 2.45) is 0 Å². The number of nitrogens with one attached hydrogen (secondary N) is 1. The lowest BCUT2D eigenvalue weighted by Crippen LogP contribution is -2.45. The summed E-state index contributed by atoms with van der Waals surface area (Å²) in [6, 6.07) is 3.52. The number of fused-ring (bicyclic) bond motifs is 1. The van der Waals surface area contributed by atoms with Gasteiger partial charge in [0.2, 0.25) is 6.79 Å². The molecule has 4 nitrogen and oxygen atoms in total. The van der Waals surface area contributed by atoms with Crippen molar-refractivity contribution in [2.75, 3.05) is 39.6 Å². The fourth-order valence-corrected chi connectivity index (χ4v) is 3.15. The molecule has 2 aliphatic heterocycles. The average molecular weight is 404 g/mol. The monoisotopic (exact) mass is 402 g/mol. The van der Waals surface area contributed by atoms with Crippen molar-refractivity contribution < 1.29 is 13.9 Å². The Bertz CT molecular complexity index is 476. The molecule has 1 saturated heterocycles. The second-order valence-electron chi connectivity index (χ2n) is 4.68. The molecule has 1 atom stereocenters. The van der Waals surface area contributed by atoms with Gasteiger partial charge in [-0.3, -0.25) is 4.90 Å². The molecule has 2 heterocycles. The van der Waals surface area contributed by atoms with Gasteiger partial charge in [-0.2, -0.15) is 0 Å². The first kappa shape index (κ1) is 18.8. The molecule has 8 heteroatoms. The van der Waals surface area contributed by atoms with Crippen molar-refractivity contribution in [3.63, 3.8) is 0 Å². The van der Waals surface area contributed by atoms with Gasteiger partial charge in [-0.25, -0.2) is 4.39 Å². The lowest BCUT2D eigenvalue weighted by molar-refractivity contribution is 0.146. The Kier molecular flexibility index (Phi) is 7.50. The number of piperazine rings is 1. The van der Waals surface area contributed by atoms with Gasteiger partial charge in [0.1, 0.15) is 6.67 Å². The van der Waals surface area contributed by atoms with E-state index in [4.69, 9.17) is 9.47 Å². The van der Waals surface area contributed by atoms with Gasteiger partial charge in [-0.15, -0.1) is 24.8 Å². The van der Waals surface area contributed by atoms with Crippen molar-refractivity contribution in [3.8, 4) is 11.5 Å². The van der Waals surface area contributed by atoms with Crippen LogP contribution in [0.25, 0.3) is 0 Å². The number of hydrogen-bond donors (Lipinski definition) is 1. The molecule has 0 amide bonds. The zero-order chi connectivity index (χ0) is 13.2. The molecule has 1 aromatic rings. The summed E-state index contributed by atoms with van der Waals surface area (Å²) < 4.78 is 25.1. The summed E-state index contributed by atoms with van der Waals surface area (Å²) in [6.45, 7) is 3.35. The molecule has 21 heavy (non-hydrogen) atoms. The highest BCUT2D eigenvalue weighted by atomic mass is 79.9. The zero-order valence-electron chi connectivity index (χ0n) is 11.3. The van der Waals surface area contributed by atoms with Crippen LogP contribution < -0.4 is 14.8 Å². The lowest BCUT2D eigenvalue weighted by atomic mass is 10.0. The summed E-state index contributed by atoms with van der Waals surface area (Å²) in [5.74, 6) is 1.42. The number of alkyl halides is 1. The van der Waals surface area contributed by atoms with Gasteiger partial charge < -0.3 is 14.8 Å². The molecule has 0 bridgehead atoms. The fourth-order valence-electron chi connectivity index (χ4n) is 2.56. The highest BCUT2D eigenvalue weighted by Crippen LogP contribution is 2.40. The molecule has 1 fully saturated rings. The molecule has 120 valence electrons. The molecular formula is C13H18BrCl2FN2O2. The Morgan fingerprint density at radius 3 is 2.43 bits per heavy atom. The number of halogens is 4. The Morgan fingerprint density at radius 1 is 1.19 bits per heavy atom. The molecule has 1 N–H and O–H groups in total. The highest BCUT2D eigenvalue weighted by molar-refractivity contribution is 9.10. The number of ether oxygens (including phenoxy) is 2. The van der Waals surface area contributed by atoms with E-state index in [1.807, 2.05) is 12.1 Å². The molecule has 0 aliphatic carbocycles.